The molecular formula is C17H17N3S. The molecule has 1 aromatic carbocycles. The van der Waals surface area contributed by atoms with Crippen LogP contribution in [0.3, 0.4) is 0 Å². The average molecular weight is 295 g/mol. The van der Waals surface area contributed by atoms with E-state index < -0.39 is 0 Å². The van der Waals surface area contributed by atoms with Gasteiger partial charge in [0, 0.05) is 29.4 Å². The highest BCUT2D eigenvalue weighted by atomic mass is 32.2. The zero-order valence-electron chi connectivity index (χ0n) is 11.7. The first-order valence-corrected chi connectivity index (χ1v) is 8.13. The van der Waals surface area contributed by atoms with Crippen LogP contribution in [0.4, 0.5) is 0 Å². The summed E-state index contributed by atoms with van der Waals surface area (Å²) in [6, 6.07) is 15.3. The molecule has 2 aromatic rings. The molecule has 0 bridgehead atoms. The first kappa shape index (κ1) is 14.1. The lowest BCUT2D eigenvalue weighted by Crippen LogP contribution is -2.15. The van der Waals surface area contributed by atoms with Crippen LogP contribution in [-0.2, 0) is 12.3 Å². The largest absolute Gasteiger partial charge is 0.310 e. The van der Waals surface area contributed by atoms with E-state index >= 15 is 0 Å². The molecule has 0 amide bonds. The van der Waals surface area contributed by atoms with Gasteiger partial charge in [-0.3, -0.25) is 0 Å². The van der Waals surface area contributed by atoms with E-state index in [1.165, 1.54) is 23.3 Å². The molecule has 1 aliphatic rings. The minimum atomic E-state index is 0.525. The molecule has 1 N–H and O–H groups in total. The van der Waals surface area contributed by atoms with Gasteiger partial charge in [-0.1, -0.05) is 18.2 Å². The van der Waals surface area contributed by atoms with E-state index in [1.807, 2.05) is 12.1 Å². The molecule has 0 atom stereocenters. The molecule has 21 heavy (non-hydrogen) atoms. The monoisotopic (exact) mass is 295 g/mol. The molecule has 3 rings (SSSR count). The minimum Gasteiger partial charge on any atom is -0.310 e. The number of thioether (sulfide) groups is 1. The smallest absolute Gasteiger partial charge is 0.144 e. The number of rotatable bonds is 6. The van der Waals surface area contributed by atoms with Crippen molar-refractivity contribution in [1.82, 2.24) is 10.3 Å². The van der Waals surface area contributed by atoms with Gasteiger partial charge in [-0.15, -0.1) is 11.8 Å². The Kier molecular flexibility index (Phi) is 4.54. The predicted octanol–water partition coefficient (Wildman–Crippen LogP) is 3.50. The summed E-state index contributed by atoms with van der Waals surface area (Å²) in [4.78, 5) is 5.33. The fourth-order valence-corrected chi connectivity index (χ4v) is 3.08. The normalized spacial score (nSPS) is 13.9. The fraction of sp³-hybridized carbons (Fsp3) is 0.294. The van der Waals surface area contributed by atoms with Crippen molar-refractivity contribution in [2.75, 3.05) is 0 Å². The van der Waals surface area contributed by atoms with E-state index in [0.717, 1.165) is 23.9 Å². The Morgan fingerprint density at radius 3 is 3.00 bits per heavy atom. The zero-order valence-corrected chi connectivity index (χ0v) is 12.6. The number of aromatic nitrogens is 1. The van der Waals surface area contributed by atoms with Gasteiger partial charge in [0.05, 0.1) is 0 Å². The Bertz CT molecular complexity index is 659. The molecule has 0 spiro atoms. The van der Waals surface area contributed by atoms with Gasteiger partial charge in [-0.2, -0.15) is 5.26 Å². The number of nitrogens with one attached hydrogen (secondary N) is 1. The lowest BCUT2D eigenvalue weighted by atomic mass is 10.2. The Morgan fingerprint density at radius 1 is 1.29 bits per heavy atom. The third kappa shape index (κ3) is 4.07. The van der Waals surface area contributed by atoms with Crippen LogP contribution in [0.25, 0.3) is 0 Å². The quantitative estimate of drug-likeness (QED) is 0.829. The van der Waals surface area contributed by atoms with E-state index in [0.29, 0.717) is 5.69 Å². The first-order valence-electron chi connectivity index (χ1n) is 7.14. The standard InChI is InChI=1S/C17H17N3S/c18-10-17-14(4-2-8-19-17)12-21-16-5-1-3-13(9-16)11-20-15-6-7-15/h1-5,8-9,15,20H,6-7,11-12H2. The van der Waals surface area contributed by atoms with Crippen LogP contribution in [0, 0.1) is 11.3 Å². The van der Waals surface area contributed by atoms with Crippen LogP contribution >= 0.6 is 11.8 Å². The summed E-state index contributed by atoms with van der Waals surface area (Å²) in [7, 11) is 0. The number of nitriles is 1. The van der Waals surface area contributed by atoms with Crippen molar-refractivity contribution in [1.29, 1.82) is 5.26 Å². The van der Waals surface area contributed by atoms with Gasteiger partial charge in [0.2, 0.25) is 0 Å². The van der Waals surface area contributed by atoms with E-state index in [1.54, 1.807) is 18.0 Å². The van der Waals surface area contributed by atoms with Crippen LogP contribution in [0.2, 0.25) is 0 Å². The van der Waals surface area contributed by atoms with Gasteiger partial charge < -0.3 is 5.32 Å². The molecule has 0 saturated heterocycles. The number of hydrogen-bond acceptors (Lipinski definition) is 4. The maximum Gasteiger partial charge on any atom is 0.144 e. The second-order valence-electron chi connectivity index (χ2n) is 5.21. The van der Waals surface area contributed by atoms with E-state index in [4.69, 9.17) is 5.26 Å². The number of nitrogens with zero attached hydrogens (tertiary/aromatic N) is 2. The maximum absolute atomic E-state index is 9.06. The Hall–Kier alpha value is -1.83. The number of benzene rings is 1. The highest BCUT2D eigenvalue weighted by Crippen LogP contribution is 2.25. The van der Waals surface area contributed by atoms with Crippen molar-refractivity contribution >= 4 is 11.8 Å². The Morgan fingerprint density at radius 2 is 2.19 bits per heavy atom. The van der Waals surface area contributed by atoms with Crippen molar-refractivity contribution < 1.29 is 0 Å². The fourth-order valence-electron chi connectivity index (χ4n) is 2.11. The first-order chi connectivity index (χ1) is 10.3. The van der Waals surface area contributed by atoms with Gasteiger partial charge in [-0.05, 0) is 42.2 Å². The Labute approximate surface area is 129 Å². The highest BCUT2D eigenvalue weighted by molar-refractivity contribution is 7.98. The van der Waals surface area contributed by atoms with Crippen LogP contribution < -0.4 is 5.32 Å². The third-order valence-corrected chi connectivity index (χ3v) is 4.50. The number of hydrogen-bond donors (Lipinski definition) is 1. The molecule has 1 heterocycles. The van der Waals surface area contributed by atoms with Gasteiger partial charge in [0.15, 0.2) is 0 Å². The lowest BCUT2D eigenvalue weighted by Gasteiger charge is -2.07. The SMILES string of the molecule is N#Cc1ncccc1CSc1cccc(CNC2CC2)c1. The topological polar surface area (TPSA) is 48.7 Å². The van der Waals surface area contributed by atoms with Crippen LogP contribution in [0.5, 0.6) is 0 Å². The second kappa shape index (κ2) is 6.75. The molecule has 0 unspecified atom stereocenters. The van der Waals surface area contributed by atoms with Gasteiger partial charge in [0.25, 0.3) is 0 Å². The van der Waals surface area contributed by atoms with E-state index in [-0.39, 0.29) is 0 Å². The predicted molar refractivity (Wildman–Crippen MR) is 84.8 cm³/mol. The summed E-state index contributed by atoms with van der Waals surface area (Å²) in [5, 5.41) is 12.6. The van der Waals surface area contributed by atoms with Crippen molar-refractivity contribution in [2.24, 2.45) is 0 Å². The van der Waals surface area contributed by atoms with Crippen LogP contribution in [0.15, 0.2) is 47.5 Å². The van der Waals surface area contributed by atoms with Crippen molar-refractivity contribution in [2.45, 2.75) is 36.1 Å². The van der Waals surface area contributed by atoms with Crippen LogP contribution in [0.1, 0.15) is 29.7 Å². The molecule has 4 heteroatoms. The van der Waals surface area contributed by atoms with Crippen LogP contribution in [-0.4, -0.2) is 11.0 Å². The Balaban J connectivity index is 1.61. The van der Waals surface area contributed by atoms with Gasteiger partial charge >= 0.3 is 0 Å². The molecule has 3 nitrogen and oxygen atoms in total. The van der Waals surface area contributed by atoms with Gasteiger partial charge in [0.1, 0.15) is 11.8 Å². The summed E-state index contributed by atoms with van der Waals surface area (Å²) >= 11 is 1.75. The molecule has 1 fully saturated rings. The van der Waals surface area contributed by atoms with Crippen molar-refractivity contribution in [3.8, 4) is 6.07 Å². The van der Waals surface area contributed by atoms with Crippen molar-refractivity contribution in [3.05, 3.63) is 59.4 Å². The molecular weight excluding hydrogens is 278 g/mol. The molecule has 1 saturated carbocycles. The third-order valence-electron chi connectivity index (χ3n) is 3.46. The van der Waals surface area contributed by atoms with Crippen molar-refractivity contribution in [3.63, 3.8) is 0 Å². The van der Waals surface area contributed by atoms with Gasteiger partial charge in [-0.25, -0.2) is 4.98 Å². The highest BCUT2D eigenvalue weighted by Gasteiger charge is 2.19. The van der Waals surface area contributed by atoms with E-state index in [2.05, 4.69) is 40.6 Å². The summed E-state index contributed by atoms with van der Waals surface area (Å²) in [5.74, 6) is 0.774. The molecule has 106 valence electrons. The second-order valence-corrected chi connectivity index (χ2v) is 6.26. The summed E-state index contributed by atoms with van der Waals surface area (Å²) in [5.41, 5.74) is 2.83. The summed E-state index contributed by atoms with van der Waals surface area (Å²) < 4.78 is 0. The zero-order chi connectivity index (χ0) is 14.5. The number of pyridine rings is 1. The molecule has 0 aliphatic heterocycles. The van der Waals surface area contributed by atoms with E-state index in [9.17, 15) is 0 Å². The average Bonchev–Trinajstić information content (AvgIpc) is 3.36. The summed E-state index contributed by atoms with van der Waals surface area (Å²) in [6.07, 6.45) is 4.29. The minimum absolute atomic E-state index is 0.525. The maximum atomic E-state index is 9.06. The summed E-state index contributed by atoms with van der Waals surface area (Å²) in [6.45, 7) is 0.940. The molecule has 1 aliphatic carbocycles. The lowest BCUT2D eigenvalue weighted by molar-refractivity contribution is 0.687. The molecule has 0 radical (unpaired) electrons. The molecule has 1 aromatic heterocycles.